The molecule has 0 fully saturated rings. The average molecular weight is 499 g/mol. The van der Waals surface area contributed by atoms with E-state index in [4.69, 9.17) is 4.74 Å². The molecule has 2 aromatic rings. The molecule has 0 heterocycles. The number of allylic oxidation sites excluding steroid dienone is 2. The van der Waals surface area contributed by atoms with E-state index in [0.29, 0.717) is 5.92 Å². The van der Waals surface area contributed by atoms with Gasteiger partial charge in [0.15, 0.2) is 0 Å². The molecule has 1 nitrogen and oxygen atoms in total. The van der Waals surface area contributed by atoms with Crippen molar-refractivity contribution in [3.8, 4) is 5.75 Å². The van der Waals surface area contributed by atoms with Crippen LogP contribution in [0.4, 0.5) is 0 Å². The number of fused-ring (bicyclic) bond motifs is 1. The van der Waals surface area contributed by atoms with E-state index in [0.717, 1.165) is 11.0 Å². The first-order chi connectivity index (χ1) is 9.78. The average Bonchev–Trinajstić information content (AvgIpc) is 2.65. The Morgan fingerprint density at radius 2 is 1.81 bits per heavy atom. The fourth-order valence-corrected chi connectivity index (χ4v) is 2.56. The first-order valence-electron chi connectivity index (χ1n) is 6.83. The van der Waals surface area contributed by atoms with Crippen molar-refractivity contribution in [2.75, 3.05) is 7.11 Å². The van der Waals surface area contributed by atoms with Crippen LogP contribution >= 0.6 is 0 Å². The summed E-state index contributed by atoms with van der Waals surface area (Å²) in [4.78, 5) is 0. The second-order valence-corrected chi connectivity index (χ2v) is 5.02. The molecule has 2 aromatic carbocycles. The van der Waals surface area contributed by atoms with Crippen molar-refractivity contribution in [3.05, 3.63) is 70.6 Å². The van der Waals surface area contributed by atoms with Gasteiger partial charge in [-0.25, -0.2) is 0 Å². The molecule has 0 radical (unpaired) electrons. The van der Waals surface area contributed by atoms with Gasteiger partial charge in [-0.3, -0.25) is 0 Å². The molecule has 0 amide bonds. The summed E-state index contributed by atoms with van der Waals surface area (Å²) < 4.78 is 5.30. The number of hydrogen-bond donors (Lipinski definition) is 0. The van der Waals surface area contributed by atoms with Crippen LogP contribution < -0.4 is 15.2 Å². The van der Waals surface area contributed by atoms with Crippen molar-refractivity contribution in [2.24, 2.45) is 5.92 Å². The minimum Gasteiger partial charge on any atom is -0.498 e. The summed E-state index contributed by atoms with van der Waals surface area (Å²) in [6, 6.07) is 16.6. The third-order valence-corrected chi connectivity index (χ3v) is 3.67. The summed E-state index contributed by atoms with van der Waals surface area (Å²) in [6.45, 7) is 2.22. The van der Waals surface area contributed by atoms with E-state index in [2.05, 4.69) is 61.5 Å². The zero-order valence-electron chi connectivity index (χ0n) is 12.3. The fraction of sp³-hybridized carbons (Fsp3) is 0.158. The Morgan fingerprint density at radius 1 is 1.05 bits per heavy atom. The van der Waals surface area contributed by atoms with Crippen LogP contribution in [0.2, 0.25) is 0 Å². The second kappa shape index (κ2) is 7.16. The Bertz CT molecular complexity index is 760. The quantitative estimate of drug-likeness (QED) is 0.578. The third-order valence-electron chi connectivity index (χ3n) is 3.67. The van der Waals surface area contributed by atoms with E-state index in [-0.39, 0.29) is 31.1 Å². The number of methoxy groups -OCH3 is 1. The van der Waals surface area contributed by atoms with Crippen LogP contribution in [0.25, 0.3) is 17.7 Å². The maximum atomic E-state index is 5.30. The van der Waals surface area contributed by atoms with E-state index < -0.39 is 0 Å². The molecule has 102 valence electrons. The molecule has 1 aliphatic rings. The molecular formula is C19H17OU+. The summed E-state index contributed by atoms with van der Waals surface area (Å²) in [5, 5.41) is 2.29. The molecule has 0 saturated heterocycles. The molecule has 3 rings (SSSR count). The Labute approximate surface area is 149 Å². The Hall–Kier alpha value is -1.23. The molecule has 2 heteroatoms. The number of hydrogen-bond acceptors (Lipinski definition) is 1. The van der Waals surface area contributed by atoms with Gasteiger partial charge in [-0.15, -0.1) is 40.3 Å². The van der Waals surface area contributed by atoms with Crippen LogP contribution in [0.15, 0.2) is 54.6 Å². The third kappa shape index (κ3) is 3.51. The molecule has 0 spiro atoms. The summed E-state index contributed by atoms with van der Waals surface area (Å²) in [6.07, 6.45) is 7.79. The molecule has 0 N–H and O–H groups in total. The zero-order chi connectivity index (χ0) is 13.9. The molecule has 0 aliphatic heterocycles. The normalized spacial score (nSPS) is 16.3. The van der Waals surface area contributed by atoms with Crippen molar-refractivity contribution >= 4 is 17.7 Å². The van der Waals surface area contributed by atoms with Crippen LogP contribution in [0, 0.1) is 37.0 Å². The van der Waals surface area contributed by atoms with Gasteiger partial charge in [0.2, 0.25) is 0 Å². The second-order valence-electron chi connectivity index (χ2n) is 5.02. The Morgan fingerprint density at radius 3 is 2.52 bits per heavy atom. The van der Waals surface area contributed by atoms with Gasteiger partial charge < -0.3 is 4.74 Å². The van der Waals surface area contributed by atoms with E-state index in [1.165, 1.54) is 16.4 Å². The van der Waals surface area contributed by atoms with Crippen LogP contribution in [0.1, 0.15) is 12.5 Å². The van der Waals surface area contributed by atoms with E-state index >= 15 is 0 Å². The standard InChI is InChI=1S/C19H17O.U/c1-14-12-17-13-18(20-2)10-8-15(17)9-11-19(14)16-6-4-3-5-7-16;/h3-8,10-14H,1-2H3;/q-1;+2. The molecule has 0 bridgehead atoms. The molecule has 21 heavy (non-hydrogen) atoms. The minimum atomic E-state index is 0. The molecule has 1 unspecified atom stereocenters. The van der Waals surface area contributed by atoms with Gasteiger partial charge in [-0.05, 0) is 5.92 Å². The van der Waals surface area contributed by atoms with Crippen LogP contribution in [0.3, 0.4) is 0 Å². The van der Waals surface area contributed by atoms with Crippen LogP contribution in [-0.2, 0) is 0 Å². The number of benzene rings is 2. The van der Waals surface area contributed by atoms with Crippen molar-refractivity contribution in [1.82, 2.24) is 0 Å². The van der Waals surface area contributed by atoms with Crippen molar-refractivity contribution in [1.29, 1.82) is 0 Å². The first-order valence-corrected chi connectivity index (χ1v) is 6.83. The maximum Gasteiger partial charge on any atom is 2.00 e. The van der Waals surface area contributed by atoms with E-state index in [9.17, 15) is 0 Å². The number of ether oxygens (including phenoxy) is 1. The van der Waals surface area contributed by atoms with Gasteiger partial charge in [0.25, 0.3) is 0 Å². The monoisotopic (exact) mass is 499 g/mol. The van der Waals surface area contributed by atoms with E-state index in [1.54, 1.807) is 7.11 Å². The summed E-state index contributed by atoms with van der Waals surface area (Å²) in [7, 11) is 1.70. The van der Waals surface area contributed by atoms with Gasteiger partial charge in [0.05, 0.1) is 7.11 Å². The van der Waals surface area contributed by atoms with E-state index in [1.807, 2.05) is 12.1 Å². The largest absolute Gasteiger partial charge is 2.00 e. The fourth-order valence-electron chi connectivity index (χ4n) is 2.56. The summed E-state index contributed by atoms with van der Waals surface area (Å²) in [5.41, 5.74) is 2.55. The molecular weight excluding hydrogens is 482 g/mol. The van der Waals surface area contributed by atoms with Crippen LogP contribution in [-0.4, -0.2) is 7.11 Å². The number of rotatable bonds is 2. The smallest absolute Gasteiger partial charge is 0.498 e. The maximum absolute atomic E-state index is 5.30. The summed E-state index contributed by atoms with van der Waals surface area (Å²) >= 11 is 0. The predicted molar refractivity (Wildman–Crippen MR) is 83.7 cm³/mol. The van der Waals surface area contributed by atoms with Gasteiger partial charge in [0, 0.05) is 0 Å². The Kier molecular flexibility index (Phi) is 5.51. The Balaban J connectivity index is 0.00000161. The molecule has 0 aromatic heterocycles. The zero-order valence-corrected chi connectivity index (χ0v) is 16.4. The summed E-state index contributed by atoms with van der Waals surface area (Å²) in [5.74, 6) is 1.23. The molecule has 0 saturated carbocycles. The minimum absolute atomic E-state index is 0. The van der Waals surface area contributed by atoms with Gasteiger partial charge >= 0.3 is 31.1 Å². The van der Waals surface area contributed by atoms with Gasteiger partial charge in [-0.2, -0.15) is 0 Å². The van der Waals surface area contributed by atoms with Gasteiger partial charge in [0.1, 0.15) is 5.75 Å². The van der Waals surface area contributed by atoms with Crippen molar-refractivity contribution < 1.29 is 35.9 Å². The molecule has 1 atom stereocenters. The predicted octanol–water partition coefficient (Wildman–Crippen LogP) is 2.87. The van der Waals surface area contributed by atoms with Crippen molar-refractivity contribution in [2.45, 2.75) is 6.92 Å². The van der Waals surface area contributed by atoms with Gasteiger partial charge in [-0.1, -0.05) is 55.0 Å². The van der Waals surface area contributed by atoms with Crippen molar-refractivity contribution in [3.63, 3.8) is 0 Å². The van der Waals surface area contributed by atoms with Crippen LogP contribution in [0.5, 0.6) is 5.75 Å². The SMILES string of the molecule is COc1ccc2c(c1)=CC(C)C(c1ccccc1)=C[C-]=2.[U+2]. The molecule has 1 aliphatic carbocycles. The first kappa shape index (κ1) is 16.1. The topological polar surface area (TPSA) is 9.23 Å².